The Morgan fingerprint density at radius 3 is 2.58 bits per heavy atom. The van der Waals surface area contributed by atoms with E-state index in [0.29, 0.717) is 67.5 Å². The first-order chi connectivity index (χ1) is 16.1. The van der Waals surface area contributed by atoms with Gasteiger partial charge in [-0.2, -0.15) is 0 Å². The van der Waals surface area contributed by atoms with Gasteiger partial charge in [0.25, 0.3) is 5.91 Å². The lowest BCUT2D eigenvalue weighted by atomic mass is 10.1. The molecule has 0 radical (unpaired) electrons. The number of amides is 2. The molecule has 8 heteroatoms. The average molecular weight is 451 g/mol. The molecule has 0 N–H and O–H groups in total. The largest absolute Gasteiger partial charge is 0.496 e. The summed E-state index contributed by atoms with van der Waals surface area (Å²) < 4.78 is 24.9. The summed E-state index contributed by atoms with van der Waals surface area (Å²) in [5.74, 6) is 0.781. The van der Waals surface area contributed by atoms with E-state index in [4.69, 9.17) is 9.15 Å². The Kier molecular flexibility index (Phi) is 7.02. The van der Waals surface area contributed by atoms with Crippen molar-refractivity contribution < 1.29 is 23.1 Å². The van der Waals surface area contributed by atoms with Crippen molar-refractivity contribution in [2.75, 3.05) is 33.3 Å². The molecule has 1 fully saturated rings. The summed E-state index contributed by atoms with van der Waals surface area (Å²) in [6.07, 6.45) is 2.74. The molecule has 0 saturated carbocycles. The SMILES string of the molecule is COc1ccccc1C(=O)N1CCCN(C(=O)CCc2ncc(-c3ccccc3F)o2)CC1. The lowest BCUT2D eigenvalue weighted by molar-refractivity contribution is -0.131. The number of rotatable bonds is 6. The van der Waals surface area contributed by atoms with Crippen LogP contribution in [0.1, 0.15) is 29.1 Å². The van der Waals surface area contributed by atoms with Gasteiger partial charge in [-0.05, 0) is 30.7 Å². The Morgan fingerprint density at radius 2 is 1.76 bits per heavy atom. The number of ether oxygens (including phenoxy) is 1. The van der Waals surface area contributed by atoms with E-state index in [9.17, 15) is 14.0 Å². The minimum absolute atomic E-state index is 0.0211. The normalized spacial score (nSPS) is 14.1. The average Bonchev–Trinajstić information content (AvgIpc) is 3.17. The van der Waals surface area contributed by atoms with Crippen LogP contribution >= 0.6 is 0 Å². The molecule has 33 heavy (non-hydrogen) atoms. The smallest absolute Gasteiger partial charge is 0.257 e. The summed E-state index contributed by atoms with van der Waals surface area (Å²) >= 11 is 0. The number of aryl methyl sites for hydroxylation is 1. The standard InChI is InChI=1S/C25H26FN3O4/c1-32-21-10-5-3-8-19(21)25(31)29-14-6-13-28(15-16-29)24(30)12-11-23-27-17-22(33-23)18-7-2-4-9-20(18)26/h2-5,7-10,17H,6,11-16H2,1H3. The number of halogens is 1. The first-order valence-corrected chi connectivity index (χ1v) is 11.0. The van der Waals surface area contributed by atoms with Gasteiger partial charge in [0, 0.05) is 39.0 Å². The topological polar surface area (TPSA) is 75.9 Å². The van der Waals surface area contributed by atoms with Crippen LogP contribution in [0.25, 0.3) is 11.3 Å². The predicted molar refractivity (Wildman–Crippen MR) is 120 cm³/mol. The van der Waals surface area contributed by atoms with E-state index in [2.05, 4.69) is 4.98 Å². The molecule has 0 bridgehead atoms. The number of methoxy groups -OCH3 is 1. The molecule has 7 nitrogen and oxygen atoms in total. The molecule has 2 heterocycles. The lowest BCUT2D eigenvalue weighted by Crippen LogP contribution is -2.37. The van der Waals surface area contributed by atoms with Crippen LogP contribution in [0.4, 0.5) is 4.39 Å². The molecular weight excluding hydrogens is 425 g/mol. The summed E-state index contributed by atoms with van der Waals surface area (Å²) in [4.78, 5) is 33.5. The zero-order valence-corrected chi connectivity index (χ0v) is 18.5. The Balaban J connectivity index is 1.32. The van der Waals surface area contributed by atoms with Crippen molar-refractivity contribution in [3.05, 3.63) is 72.0 Å². The molecule has 4 rings (SSSR count). The molecule has 0 unspecified atom stereocenters. The molecule has 2 amide bonds. The third kappa shape index (κ3) is 5.22. The van der Waals surface area contributed by atoms with Crippen molar-refractivity contribution in [3.63, 3.8) is 0 Å². The van der Waals surface area contributed by atoms with Gasteiger partial charge in [-0.1, -0.05) is 24.3 Å². The third-order valence-corrected chi connectivity index (χ3v) is 5.72. The highest BCUT2D eigenvalue weighted by atomic mass is 19.1. The number of hydrogen-bond donors (Lipinski definition) is 0. The van der Waals surface area contributed by atoms with E-state index in [1.807, 2.05) is 12.1 Å². The van der Waals surface area contributed by atoms with Crippen molar-refractivity contribution >= 4 is 11.8 Å². The van der Waals surface area contributed by atoms with Crippen LogP contribution in [0.5, 0.6) is 5.75 Å². The number of benzene rings is 2. The Labute approximate surface area is 191 Å². The number of hydrogen-bond acceptors (Lipinski definition) is 5. The van der Waals surface area contributed by atoms with Gasteiger partial charge in [0.2, 0.25) is 5.91 Å². The number of para-hydroxylation sites is 1. The van der Waals surface area contributed by atoms with Crippen molar-refractivity contribution in [1.29, 1.82) is 0 Å². The van der Waals surface area contributed by atoms with Gasteiger partial charge in [0.1, 0.15) is 11.6 Å². The Morgan fingerprint density at radius 1 is 1.03 bits per heavy atom. The summed E-state index contributed by atoms with van der Waals surface area (Å²) in [7, 11) is 1.54. The minimum Gasteiger partial charge on any atom is -0.496 e. The van der Waals surface area contributed by atoms with Gasteiger partial charge in [-0.3, -0.25) is 9.59 Å². The zero-order valence-electron chi connectivity index (χ0n) is 18.5. The summed E-state index contributed by atoms with van der Waals surface area (Å²) in [6.45, 7) is 2.08. The van der Waals surface area contributed by atoms with E-state index < -0.39 is 0 Å². The van der Waals surface area contributed by atoms with Gasteiger partial charge in [-0.25, -0.2) is 9.37 Å². The Hall–Kier alpha value is -3.68. The van der Waals surface area contributed by atoms with Gasteiger partial charge >= 0.3 is 0 Å². The fraction of sp³-hybridized carbons (Fsp3) is 0.320. The maximum atomic E-state index is 13.9. The molecule has 3 aromatic rings. The highest BCUT2D eigenvalue weighted by Gasteiger charge is 2.24. The maximum absolute atomic E-state index is 13.9. The number of nitrogens with zero attached hydrogens (tertiary/aromatic N) is 3. The molecule has 0 aliphatic carbocycles. The van der Waals surface area contributed by atoms with Crippen LogP contribution < -0.4 is 4.74 Å². The van der Waals surface area contributed by atoms with Crippen molar-refractivity contribution in [3.8, 4) is 17.1 Å². The highest BCUT2D eigenvalue weighted by Crippen LogP contribution is 2.24. The number of carbonyl (C=O) groups excluding carboxylic acids is 2. The first-order valence-electron chi connectivity index (χ1n) is 11.0. The van der Waals surface area contributed by atoms with Gasteiger partial charge in [0.05, 0.1) is 24.4 Å². The van der Waals surface area contributed by atoms with Crippen LogP contribution in [-0.2, 0) is 11.2 Å². The van der Waals surface area contributed by atoms with E-state index in [0.717, 1.165) is 0 Å². The molecule has 1 aliphatic heterocycles. The second-order valence-electron chi connectivity index (χ2n) is 7.82. The minimum atomic E-state index is -0.381. The van der Waals surface area contributed by atoms with E-state index in [1.54, 1.807) is 47.2 Å². The highest BCUT2D eigenvalue weighted by molar-refractivity contribution is 5.97. The van der Waals surface area contributed by atoms with Crippen LogP contribution in [-0.4, -0.2) is 59.9 Å². The first kappa shape index (κ1) is 22.5. The fourth-order valence-corrected chi connectivity index (χ4v) is 3.94. The summed E-state index contributed by atoms with van der Waals surface area (Å²) in [6, 6.07) is 13.5. The molecule has 172 valence electrons. The summed E-state index contributed by atoms with van der Waals surface area (Å²) in [5.41, 5.74) is 0.865. The molecule has 1 aliphatic rings. The van der Waals surface area contributed by atoms with Gasteiger partial charge < -0.3 is 19.0 Å². The van der Waals surface area contributed by atoms with Gasteiger partial charge in [0.15, 0.2) is 11.7 Å². The zero-order chi connectivity index (χ0) is 23.2. The van der Waals surface area contributed by atoms with Crippen molar-refractivity contribution in [2.45, 2.75) is 19.3 Å². The quantitative estimate of drug-likeness (QED) is 0.570. The predicted octanol–water partition coefficient (Wildman–Crippen LogP) is 3.80. The maximum Gasteiger partial charge on any atom is 0.257 e. The van der Waals surface area contributed by atoms with Crippen LogP contribution in [0.3, 0.4) is 0 Å². The van der Waals surface area contributed by atoms with E-state index >= 15 is 0 Å². The molecule has 0 spiro atoms. The van der Waals surface area contributed by atoms with Gasteiger partial charge in [-0.15, -0.1) is 0 Å². The second-order valence-corrected chi connectivity index (χ2v) is 7.82. The molecule has 1 aromatic heterocycles. The van der Waals surface area contributed by atoms with Crippen LogP contribution in [0.15, 0.2) is 59.1 Å². The molecule has 0 atom stereocenters. The third-order valence-electron chi connectivity index (χ3n) is 5.72. The Bertz CT molecular complexity index is 1130. The molecule has 1 saturated heterocycles. The van der Waals surface area contributed by atoms with Crippen molar-refractivity contribution in [1.82, 2.24) is 14.8 Å². The number of aromatic nitrogens is 1. The van der Waals surface area contributed by atoms with E-state index in [1.165, 1.54) is 12.3 Å². The fourth-order valence-electron chi connectivity index (χ4n) is 3.94. The number of carbonyl (C=O) groups is 2. The van der Waals surface area contributed by atoms with Crippen LogP contribution in [0, 0.1) is 5.82 Å². The van der Waals surface area contributed by atoms with Crippen LogP contribution in [0.2, 0.25) is 0 Å². The van der Waals surface area contributed by atoms with Crippen molar-refractivity contribution in [2.24, 2.45) is 0 Å². The molecule has 2 aromatic carbocycles. The lowest BCUT2D eigenvalue weighted by Gasteiger charge is -2.23. The second kappa shape index (κ2) is 10.3. The molecular formula is C25H26FN3O4. The monoisotopic (exact) mass is 451 g/mol. The number of oxazole rings is 1. The summed E-state index contributed by atoms with van der Waals surface area (Å²) in [5, 5.41) is 0. The van der Waals surface area contributed by atoms with E-state index in [-0.39, 0.29) is 24.1 Å².